The minimum Gasteiger partial charge on any atom is -0.271 e. The van der Waals surface area contributed by atoms with Gasteiger partial charge >= 0.3 is 0 Å². The van der Waals surface area contributed by atoms with Gasteiger partial charge in [-0.3, -0.25) is 11.3 Å². The maximum Gasteiger partial charge on any atom is 0.0944 e. The molecular formula is C9H10ClN3S2. The number of nitrogens with one attached hydrogen (secondary N) is 1. The van der Waals surface area contributed by atoms with Crippen molar-refractivity contribution in [3.8, 4) is 0 Å². The van der Waals surface area contributed by atoms with Gasteiger partial charge in [0.25, 0.3) is 0 Å². The molecule has 2 heterocycles. The molecule has 0 amide bonds. The highest BCUT2D eigenvalue weighted by Gasteiger charge is 2.13. The Morgan fingerprint density at radius 3 is 2.93 bits per heavy atom. The summed E-state index contributed by atoms with van der Waals surface area (Å²) in [6.45, 7) is 0. The number of hydrogen-bond donors (Lipinski definition) is 2. The quantitative estimate of drug-likeness (QED) is 0.656. The zero-order chi connectivity index (χ0) is 10.7. The SMILES string of the molecule is NNC(Cc1nccs1)c1ccc(Cl)s1. The lowest BCUT2D eigenvalue weighted by atomic mass is 10.2. The summed E-state index contributed by atoms with van der Waals surface area (Å²) >= 11 is 9.06. The van der Waals surface area contributed by atoms with E-state index in [1.807, 2.05) is 17.5 Å². The van der Waals surface area contributed by atoms with Crippen LogP contribution < -0.4 is 11.3 Å². The predicted molar refractivity (Wildman–Crippen MR) is 65.2 cm³/mol. The van der Waals surface area contributed by atoms with Crippen LogP contribution in [0.1, 0.15) is 15.9 Å². The highest BCUT2D eigenvalue weighted by molar-refractivity contribution is 7.16. The lowest BCUT2D eigenvalue weighted by molar-refractivity contribution is 0.559. The summed E-state index contributed by atoms with van der Waals surface area (Å²) in [7, 11) is 0. The first-order valence-corrected chi connectivity index (χ1v) is 6.46. The summed E-state index contributed by atoms with van der Waals surface area (Å²) in [5, 5.41) is 3.03. The maximum atomic E-state index is 5.88. The molecule has 0 spiro atoms. The molecule has 0 aliphatic carbocycles. The summed E-state index contributed by atoms with van der Waals surface area (Å²) in [6.07, 6.45) is 2.60. The number of halogens is 1. The fraction of sp³-hybridized carbons (Fsp3) is 0.222. The normalized spacial score (nSPS) is 12.9. The van der Waals surface area contributed by atoms with Gasteiger partial charge in [0.1, 0.15) is 0 Å². The van der Waals surface area contributed by atoms with Crippen LogP contribution in [-0.4, -0.2) is 4.98 Å². The monoisotopic (exact) mass is 259 g/mol. The van der Waals surface area contributed by atoms with Crippen molar-refractivity contribution < 1.29 is 0 Å². The fourth-order valence-electron chi connectivity index (χ4n) is 1.29. The van der Waals surface area contributed by atoms with Gasteiger partial charge in [-0.1, -0.05) is 11.6 Å². The lowest BCUT2D eigenvalue weighted by Gasteiger charge is -2.11. The fourth-order valence-corrected chi connectivity index (χ4v) is 3.07. The molecule has 0 aliphatic rings. The van der Waals surface area contributed by atoms with Crippen LogP contribution in [0.3, 0.4) is 0 Å². The molecule has 2 aromatic rings. The van der Waals surface area contributed by atoms with Crippen LogP contribution in [0.15, 0.2) is 23.7 Å². The van der Waals surface area contributed by atoms with E-state index in [0.717, 1.165) is 20.6 Å². The summed E-state index contributed by atoms with van der Waals surface area (Å²) < 4.78 is 0.782. The molecule has 80 valence electrons. The molecule has 1 atom stereocenters. The average Bonchev–Trinajstić information content (AvgIpc) is 2.85. The van der Waals surface area contributed by atoms with Crippen molar-refractivity contribution in [1.29, 1.82) is 0 Å². The molecule has 0 saturated heterocycles. The van der Waals surface area contributed by atoms with Gasteiger partial charge in [-0.2, -0.15) is 0 Å². The Bertz CT molecular complexity index is 413. The van der Waals surface area contributed by atoms with E-state index in [0.29, 0.717) is 0 Å². The Morgan fingerprint density at radius 1 is 1.53 bits per heavy atom. The molecule has 6 heteroatoms. The molecule has 3 N–H and O–H groups in total. The molecule has 0 saturated carbocycles. The molecule has 15 heavy (non-hydrogen) atoms. The largest absolute Gasteiger partial charge is 0.271 e. The first-order chi connectivity index (χ1) is 7.29. The van der Waals surface area contributed by atoms with Gasteiger partial charge in [0.2, 0.25) is 0 Å². The minimum absolute atomic E-state index is 0.0913. The van der Waals surface area contributed by atoms with Crippen LogP contribution in [-0.2, 0) is 6.42 Å². The van der Waals surface area contributed by atoms with Crippen LogP contribution in [0, 0.1) is 0 Å². The summed E-state index contributed by atoms with van der Waals surface area (Å²) in [5.41, 5.74) is 2.79. The molecule has 2 rings (SSSR count). The molecule has 2 aromatic heterocycles. The van der Waals surface area contributed by atoms with Crippen LogP contribution in [0.4, 0.5) is 0 Å². The molecule has 0 aliphatic heterocycles. The van der Waals surface area contributed by atoms with E-state index >= 15 is 0 Å². The maximum absolute atomic E-state index is 5.88. The van der Waals surface area contributed by atoms with E-state index in [-0.39, 0.29) is 6.04 Å². The van der Waals surface area contributed by atoms with E-state index in [9.17, 15) is 0 Å². The summed E-state index contributed by atoms with van der Waals surface area (Å²) in [5.74, 6) is 5.52. The molecule has 1 unspecified atom stereocenters. The zero-order valence-electron chi connectivity index (χ0n) is 7.81. The van der Waals surface area contributed by atoms with Crippen LogP contribution >= 0.6 is 34.3 Å². The number of aromatic nitrogens is 1. The van der Waals surface area contributed by atoms with Crippen molar-refractivity contribution in [2.24, 2.45) is 5.84 Å². The molecular weight excluding hydrogens is 250 g/mol. The van der Waals surface area contributed by atoms with E-state index in [1.54, 1.807) is 28.9 Å². The number of thiophene rings is 1. The summed E-state index contributed by atoms with van der Waals surface area (Å²) in [4.78, 5) is 5.37. The molecule has 0 aromatic carbocycles. The molecule has 0 radical (unpaired) electrons. The van der Waals surface area contributed by atoms with E-state index in [1.165, 1.54) is 0 Å². The number of thiazole rings is 1. The third-order valence-electron chi connectivity index (χ3n) is 2.00. The number of nitrogens with two attached hydrogens (primary N) is 1. The van der Waals surface area contributed by atoms with Crippen LogP contribution in [0.2, 0.25) is 4.34 Å². The molecule has 0 fully saturated rings. The van der Waals surface area contributed by atoms with E-state index in [4.69, 9.17) is 17.4 Å². The van der Waals surface area contributed by atoms with Crippen molar-refractivity contribution in [1.82, 2.24) is 10.4 Å². The van der Waals surface area contributed by atoms with Gasteiger partial charge in [-0.05, 0) is 12.1 Å². The average molecular weight is 260 g/mol. The van der Waals surface area contributed by atoms with Crippen molar-refractivity contribution in [2.45, 2.75) is 12.5 Å². The van der Waals surface area contributed by atoms with Gasteiger partial charge in [-0.15, -0.1) is 22.7 Å². The molecule has 0 bridgehead atoms. The predicted octanol–water partition coefficient (Wildman–Crippen LogP) is 2.61. The Balaban J connectivity index is 2.11. The third-order valence-corrected chi connectivity index (χ3v) is 4.15. The van der Waals surface area contributed by atoms with Crippen LogP contribution in [0.5, 0.6) is 0 Å². The molecule has 3 nitrogen and oxygen atoms in total. The second kappa shape index (κ2) is 5.05. The Hall–Kier alpha value is -0.460. The van der Waals surface area contributed by atoms with Crippen molar-refractivity contribution in [2.75, 3.05) is 0 Å². The standard InChI is InChI=1S/C9H10ClN3S2/c10-8-2-1-7(15-8)6(13-11)5-9-12-3-4-14-9/h1-4,6,13H,5,11H2. The smallest absolute Gasteiger partial charge is 0.0944 e. The third kappa shape index (κ3) is 2.76. The van der Waals surface area contributed by atoms with Gasteiger partial charge in [-0.25, -0.2) is 4.98 Å². The Kier molecular flexibility index (Phi) is 3.71. The number of hydrazine groups is 1. The zero-order valence-corrected chi connectivity index (χ0v) is 10.2. The first-order valence-electron chi connectivity index (χ1n) is 4.39. The number of rotatable bonds is 4. The van der Waals surface area contributed by atoms with Crippen molar-refractivity contribution >= 4 is 34.3 Å². The van der Waals surface area contributed by atoms with Gasteiger partial charge < -0.3 is 0 Å². The first kappa shape index (κ1) is 11.0. The van der Waals surface area contributed by atoms with Gasteiger partial charge in [0.05, 0.1) is 15.4 Å². The van der Waals surface area contributed by atoms with Gasteiger partial charge in [0, 0.05) is 22.9 Å². The second-order valence-electron chi connectivity index (χ2n) is 2.99. The minimum atomic E-state index is 0.0913. The second-order valence-corrected chi connectivity index (χ2v) is 5.72. The van der Waals surface area contributed by atoms with Crippen molar-refractivity contribution in [3.63, 3.8) is 0 Å². The van der Waals surface area contributed by atoms with Crippen molar-refractivity contribution in [3.05, 3.63) is 37.9 Å². The topological polar surface area (TPSA) is 50.9 Å². The Labute approximate surface area is 101 Å². The summed E-state index contributed by atoms with van der Waals surface area (Å²) in [6, 6.07) is 3.97. The Morgan fingerprint density at radius 2 is 2.40 bits per heavy atom. The number of hydrogen-bond acceptors (Lipinski definition) is 5. The lowest BCUT2D eigenvalue weighted by Crippen LogP contribution is -2.28. The number of nitrogens with zero attached hydrogens (tertiary/aromatic N) is 1. The van der Waals surface area contributed by atoms with E-state index in [2.05, 4.69) is 10.4 Å². The van der Waals surface area contributed by atoms with E-state index < -0.39 is 0 Å². The van der Waals surface area contributed by atoms with Crippen LogP contribution in [0.25, 0.3) is 0 Å². The van der Waals surface area contributed by atoms with Gasteiger partial charge in [0.15, 0.2) is 0 Å². The highest BCUT2D eigenvalue weighted by Crippen LogP contribution is 2.28. The highest BCUT2D eigenvalue weighted by atomic mass is 35.5.